The minimum atomic E-state index is -0.879. The van der Waals surface area contributed by atoms with Crippen LogP contribution in [0.4, 0.5) is 0 Å². The highest BCUT2D eigenvalue weighted by molar-refractivity contribution is 5.89. The molecule has 3 rings (SSSR count). The van der Waals surface area contributed by atoms with E-state index in [4.69, 9.17) is 14.6 Å². The first-order valence-electron chi connectivity index (χ1n) is 6.79. The minimum absolute atomic E-state index is 0.132. The average molecular weight is 300 g/mol. The van der Waals surface area contributed by atoms with Crippen LogP contribution in [0.25, 0.3) is 0 Å². The molecule has 0 amide bonds. The molecule has 0 bridgehead atoms. The van der Waals surface area contributed by atoms with Gasteiger partial charge in [-0.3, -0.25) is 0 Å². The predicted molar refractivity (Wildman–Crippen MR) is 79.9 cm³/mol. The van der Waals surface area contributed by atoms with E-state index in [1.807, 2.05) is 18.2 Å². The van der Waals surface area contributed by atoms with Crippen molar-refractivity contribution < 1.29 is 24.2 Å². The van der Waals surface area contributed by atoms with Crippen molar-refractivity contribution in [2.24, 2.45) is 0 Å². The van der Waals surface area contributed by atoms with Gasteiger partial charge in [-0.15, -0.1) is 0 Å². The topological polar surface area (TPSA) is 76.1 Å². The molecule has 5 nitrogen and oxygen atoms in total. The lowest BCUT2D eigenvalue weighted by Gasteiger charge is -2.01. The van der Waals surface area contributed by atoms with Gasteiger partial charge in [-0.05, 0) is 24.3 Å². The molecule has 0 saturated carbocycles. The van der Waals surface area contributed by atoms with Crippen LogP contribution in [0.15, 0.2) is 60.7 Å². The first kappa shape index (κ1) is 15.7. The summed E-state index contributed by atoms with van der Waals surface area (Å²) in [5.41, 5.74) is 0.917. The molecule has 2 aromatic rings. The molecule has 0 radical (unpaired) electrons. The van der Waals surface area contributed by atoms with Crippen molar-refractivity contribution >= 4 is 11.9 Å². The van der Waals surface area contributed by atoms with E-state index in [0.717, 1.165) is 0 Å². The maximum atomic E-state index is 11.3. The van der Waals surface area contributed by atoms with Gasteiger partial charge < -0.3 is 14.6 Å². The highest BCUT2D eigenvalue weighted by Crippen LogP contribution is 2.10. The Morgan fingerprint density at radius 3 is 1.91 bits per heavy atom. The molecule has 5 heteroatoms. The number of esters is 1. The van der Waals surface area contributed by atoms with Gasteiger partial charge in [-0.2, -0.15) is 0 Å². The van der Waals surface area contributed by atoms with Gasteiger partial charge in [-0.1, -0.05) is 36.4 Å². The molecular weight excluding hydrogens is 284 g/mol. The Balaban J connectivity index is 0.000000172. The molecule has 1 fully saturated rings. The fraction of sp³-hybridized carbons (Fsp3) is 0.176. The molecule has 1 atom stereocenters. The number of carboxylic acids is 1. The molecule has 1 aliphatic rings. The first-order valence-corrected chi connectivity index (χ1v) is 6.79. The van der Waals surface area contributed by atoms with Crippen LogP contribution in [0, 0.1) is 0 Å². The molecule has 0 spiro atoms. The summed E-state index contributed by atoms with van der Waals surface area (Å²) in [5.74, 6) is -1.16. The number of hydrogen-bond acceptors (Lipinski definition) is 4. The number of epoxide rings is 1. The van der Waals surface area contributed by atoms with E-state index in [9.17, 15) is 9.59 Å². The maximum Gasteiger partial charge on any atom is 0.338 e. The fourth-order valence-electron chi connectivity index (χ4n) is 1.57. The van der Waals surface area contributed by atoms with Gasteiger partial charge in [0.1, 0.15) is 12.7 Å². The Hall–Kier alpha value is -2.66. The van der Waals surface area contributed by atoms with Crippen molar-refractivity contribution in [3.8, 4) is 0 Å². The molecule has 22 heavy (non-hydrogen) atoms. The lowest BCUT2D eigenvalue weighted by molar-refractivity contribution is 0.0476. The van der Waals surface area contributed by atoms with E-state index < -0.39 is 5.97 Å². The number of aromatic carboxylic acids is 1. The number of hydrogen-bond donors (Lipinski definition) is 1. The maximum absolute atomic E-state index is 11.3. The predicted octanol–water partition coefficient (Wildman–Crippen LogP) is 2.63. The third kappa shape index (κ3) is 5.38. The Bertz CT molecular complexity index is 605. The molecule has 0 aromatic heterocycles. The Morgan fingerprint density at radius 2 is 1.50 bits per heavy atom. The summed E-state index contributed by atoms with van der Waals surface area (Å²) < 4.78 is 9.91. The number of carbonyl (C=O) groups excluding carboxylic acids is 1. The zero-order chi connectivity index (χ0) is 15.8. The molecule has 1 aliphatic heterocycles. The summed E-state index contributed by atoms with van der Waals surface area (Å²) in [6.45, 7) is 1.08. The van der Waals surface area contributed by atoms with Crippen LogP contribution in [0.3, 0.4) is 0 Å². The molecule has 1 unspecified atom stereocenters. The number of carboxylic acid groups (broad SMARTS) is 1. The summed E-state index contributed by atoms with van der Waals surface area (Å²) in [4.78, 5) is 21.5. The SMILES string of the molecule is O=C(O)c1ccccc1.O=C(OCC1CO1)c1ccccc1. The van der Waals surface area contributed by atoms with Crippen molar-refractivity contribution in [3.63, 3.8) is 0 Å². The van der Waals surface area contributed by atoms with Crippen molar-refractivity contribution in [1.29, 1.82) is 0 Å². The second-order valence-electron chi connectivity index (χ2n) is 4.59. The van der Waals surface area contributed by atoms with Crippen LogP contribution in [-0.4, -0.2) is 36.4 Å². The van der Waals surface area contributed by atoms with Crippen molar-refractivity contribution in [2.75, 3.05) is 13.2 Å². The van der Waals surface area contributed by atoms with Gasteiger partial charge in [0, 0.05) is 0 Å². The zero-order valence-corrected chi connectivity index (χ0v) is 11.8. The highest BCUT2D eigenvalue weighted by atomic mass is 16.6. The fourth-order valence-corrected chi connectivity index (χ4v) is 1.57. The number of rotatable bonds is 4. The van der Waals surface area contributed by atoms with E-state index in [2.05, 4.69) is 0 Å². The van der Waals surface area contributed by atoms with Crippen LogP contribution in [0.2, 0.25) is 0 Å². The van der Waals surface area contributed by atoms with E-state index >= 15 is 0 Å². The number of carbonyl (C=O) groups is 2. The van der Waals surface area contributed by atoms with Crippen LogP contribution >= 0.6 is 0 Å². The second-order valence-corrected chi connectivity index (χ2v) is 4.59. The lowest BCUT2D eigenvalue weighted by atomic mass is 10.2. The highest BCUT2D eigenvalue weighted by Gasteiger charge is 2.24. The van der Waals surface area contributed by atoms with Crippen LogP contribution in [-0.2, 0) is 9.47 Å². The quantitative estimate of drug-likeness (QED) is 0.694. The number of ether oxygens (including phenoxy) is 2. The smallest absolute Gasteiger partial charge is 0.338 e. The van der Waals surface area contributed by atoms with Crippen molar-refractivity contribution in [1.82, 2.24) is 0 Å². The Kier molecular flexibility index (Phi) is 5.68. The Morgan fingerprint density at radius 1 is 1.00 bits per heavy atom. The van der Waals surface area contributed by atoms with Crippen LogP contribution in [0.5, 0.6) is 0 Å². The first-order chi connectivity index (χ1) is 10.7. The van der Waals surface area contributed by atoms with Gasteiger partial charge in [0.05, 0.1) is 17.7 Å². The summed E-state index contributed by atoms with van der Waals surface area (Å²) in [5, 5.41) is 8.38. The molecule has 1 N–H and O–H groups in total. The largest absolute Gasteiger partial charge is 0.478 e. The minimum Gasteiger partial charge on any atom is -0.478 e. The van der Waals surface area contributed by atoms with Crippen LogP contribution in [0.1, 0.15) is 20.7 Å². The Labute approximate surface area is 128 Å². The molecular formula is C17H16O5. The normalized spacial score (nSPS) is 15.2. The van der Waals surface area contributed by atoms with Gasteiger partial charge >= 0.3 is 11.9 Å². The summed E-state index contributed by atoms with van der Waals surface area (Å²) in [7, 11) is 0. The molecule has 0 aliphatic carbocycles. The summed E-state index contributed by atoms with van der Waals surface area (Å²) in [6, 6.07) is 17.2. The molecule has 114 valence electrons. The zero-order valence-electron chi connectivity index (χ0n) is 11.8. The molecule has 2 aromatic carbocycles. The van der Waals surface area contributed by atoms with Crippen molar-refractivity contribution in [3.05, 3.63) is 71.8 Å². The van der Waals surface area contributed by atoms with Gasteiger partial charge in [0.2, 0.25) is 0 Å². The summed E-state index contributed by atoms with van der Waals surface area (Å²) >= 11 is 0. The second kappa shape index (κ2) is 7.95. The molecule has 1 heterocycles. The third-order valence-corrected chi connectivity index (χ3v) is 2.83. The van der Waals surface area contributed by atoms with E-state index in [0.29, 0.717) is 24.3 Å². The standard InChI is InChI=1S/C10H10O3.C7H6O2/c11-10(13-7-9-6-12-9)8-4-2-1-3-5-8;8-7(9)6-4-2-1-3-5-6/h1-5,9H,6-7H2;1-5H,(H,8,9). The summed E-state index contributed by atoms with van der Waals surface area (Å²) in [6.07, 6.45) is 0.132. The van der Waals surface area contributed by atoms with Gasteiger partial charge in [0.15, 0.2) is 0 Å². The molecule has 1 saturated heterocycles. The average Bonchev–Trinajstić information content (AvgIpc) is 3.39. The van der Waals surface area contributed by atoms with Gasteiger partial charge in [0.25, 0.3) is 0 Å². The van der Waals surface area contributed by atoms with E-state index in [-0.39, 0.29) is 12.1 Å². The lowest BCUT2D eigenvalue weighted by Crippen LogP contribution is -2.09. The van der Waals surface area contributed by atoms with E-state index in [1.165, 1.54) is 0 Å². The van der Waals surface area contributed by atoms with Crippen molar-refractivity contribution in [2.45, 2.75) is 6.10 Å². The van der Waals surface area contributed by atoms with Crippen LogP contribution < -0.4 is 0 Å². The van der Waals surface area contributed by atoms with Gasteiger partial charge in [-0.25, -0.2) is 9.59 Å². The third-order valence-electron chi connectivity index (χ3n) is 2.83. The monoisotopic (exact) mass is 300 g/mol. The number of benzene rings is 2. The van der Waals surface area contributed by atoms with E-state index in [1.54, 1.807) is 42.5 Å².